The van der Waals surface area contributed by atoms with Gasteiger partial charge in [-0.05, 0) is 49.3 Å². The number of nitrogens with zero attached hydrogens (tertiary/aromatic N) is 1. The summed E-state index contributed by atoms with van der Waals surface area (Å²) >= 11 is 5.93. The van der Waals surface area contributed by atoms with Crippen LogP contribution in [0.15, 0.2) is 24.3 Å². The van der Waals surface area contributed by atoms with E-state index in [0.29, 0.717) is 30.5 Å². The molecule has 2 atom stereocenters. The number of benzene rings is 1. The van der Waals surface area contributed by atoms with Gasteiger partial charge in [0.1, 0.15) is 0 Å². The summed E-state index contributed by atoms with van der Waals surface area (Å²) in [5.74, 6) is -0.816. The van der Waals surface area contributed by atoms with Crippen molar-refractivity contribution < 1.29 is 14.7 Å². The van der Waals surface area contributed by atoms with Crippen LogP contribution in [0.4, 0.5) is 4.79 Å². The van der Waals surface area contributed by atoms with Gasteiger partial charge in [0.25, 0.3) is 0 Å². The number of likely N-dealkylation sites (tertiary alicyclic amines) is 1. The predicted octanol–water partition coefficient (Wildman–Crippen LogP) is 3.30. The van der Waals surface area contributed by atoms with Gasteiger partial charge >= 0.3 is 12.0 Å². The lowest BCUT2D eigenvalue weighted by Gasteiger charge is -2.32. The highest BCUT2D eigenvalue weighted by atomic mass is 35.5. The van der Waals surface area contributed by atoms with Crippen LogP contribution in [-0.2, 0) is 4.79 Å². The minimum absolute atomic E-state index is 0.0232. The molecule has 1 heterocycles. The summed E-state index contributed by atoms with van der Waals surface area (Å²) in [6.45, 7) is 0.910. The Bertz CT molecular complexity index is 586. The summed E-state index contributed by atoms with van der Waals surface area (Å²) < 4.78 is 0. The van der Waals surface area contributed by atoms with Crippen LogP contribution in [0, 0.1) is 11.8 Å². The number of hydrogen-bond acceptors (Lipinski definition) is 2. The van der Waals surface area contributed by atoms with E-state index in [2.05, 4.69) is 5.32 Å². The standard InChI is InChI=1S/C17H21ClN2O3/c18-14-7-5-12(6-8-14)15(11-3-4-11)19-17(23)20-9-1-2-13(10-20)16(21)22/h5-8,11,13,15H,1-4,9-10H2,(H,19,23)(H,21,22). The highest BCUT2D eigenvalue weighted by Gasteiger charge is 2.35. The van der Waals surface area contributed by atoms with E-state index in [0.717, 1.165) is 24.8 Å². The Morgan fingerprint density at radius 2 is 1.91 bits per heavy atom. The van der Waals surface area contributed by atoms with Crippen molar-refractivity contribution in [2.45, 2.75) is 31.7 Å². The number of aliphatic carboxylic acids is 1. The zero-order valence-corrected chi connectivity index (χ0v) is 13.6. The van der Waals surface area contributed by atoms with Crippen molar-refractivity contribution in [3.63, 3.8) is 0 Å². The second-order valence-electron chi connectivity index (χ2n) is 6.44. The third-order valence-corrected chi connectivity index (χ3v) is 4.91. The maximum Gasteiger partial charge on any atom is 0.317 e. The molecule has 6 heteroatoms. The molecule has 2 unspecified atom stereocenters. The molecule has 0 radical (unpaired) electrons. The Morgan fingerprint density at radius 3 is 2.52 bits per heavy atom. The molecule has 0 bridgehead atoms. The number of carboxylic acid groups (broad SMARTS) is 1. The summed E-state index contributed by atoms with van der Waals surface area (Å²) in [6.07, 6.45) is 3.58. The molecular formula is C17H21ClN2O3. The van der Waals surface area contributed by atoms with Crippen LogP contribution < -0.4 is 5.32 Å². The molecule has 2 amide bonds. The van der Waals surface area contributed by atoms with Gasteiger partial charge in [-0.3, -0.25) is 4.79 Å². The molecule has 1 aromatic carbocycles. The molecule has 1 aromatic rings. The number of carbonyl (C=O) groups excluding carboxylic acids is 1. The van der Waals surface area contributed by atoms with Crippen molar-refractivity contribution in [1.82, 2.24) is 10.2 Å². The Labute approximate surface area is 140 Å². The van der Waals surface area contributed by atoms with E-state index in [1.807, 2.05) is 24.3 Å². The lowest BCUT2D eigenvalue weighted by atomic mass is 9.98. The number of halogens is 1. The highest BCUT2D eigenvalue weighted by Crippen LogP contribution is 2.41. The number of urea groups is 1. The first-order valence-electron chi connectivity index (χ1n) is 8.08. The van der Waals surface area contributed by atoms with Crippen molar-refractivity contribution in [2.24, 2.45) is 11.8 Å². The van der Waals surface area contributed by atoms with Crippen molar-refractivity contribution in [1.29, 1.82) is 0 Å². The van der Waals surface area contributed by atoms with Crippen LogP contribution in [0.25, 0.3) is 0 Å². The molecular weight excluding hydrogens is 316 g/mol. The number of amides is 2. The number of carbonyl (C=O) groups is 2. The van der Waals surface area contributed by atoms with Gasteiger partial charge in [0.05, 0.1) is 12.0 Å². The van der Waals surface area contributed by atoms with Crippen LogP contribution in [0.1, 0.15) is 37.3 Å². The Hall–Kier alpha value is -1.75. The van der Waals surface area contributed by atoms with Gasteiger partial charge in [0.15, 0.2) is 0 Å². The highest BCUT2D eigenvalue weighted by molar-refractivity contribution is 6.30. The van der Waals surface area contributed by atoms with E-state index in [-0.39, 0.29) is 12.1 Å². The van der Waals surface area contributed by atoms with Gasteiger partial charge in [-0.25, -0.2) is 4.79 Å². The van der Waals surface area contributed by atoms with E-state index < -0.39 is 11.9 Å². The number of piperidine rings is 1. The largest absolute Gasteiger partial charge is 0.481 e. The molecule has 5 nitrogen and oxygen atoms in total. The molecule has 1 saturated carbocycles. The Balaban J connectivity index is 1.66. The maximum absolute atomic E-state index is 12.5. The number of rotatable bonds is 4. The van der Waals surface area contributed by atoms with Crippen LogP contribution in [0.2, 0.25) is 5.02 Å². The fourth-order valence-corrected chi connectivity index (χ4v) is 3.29. The summed E-state index contributed by atoms with van der Waals surface area (Å²) in [6, 6.07) is 7.37. The summed E-state index contributed by atoms with van der Waals surface area (Å²) in [5.41, 5.74) is 1.05. The molecule has 1 saturated heterocycles. The summed E-state index contributed by atoms with van der Waals surface area (Å²) in [4.78, 5) is 25.3. The molecule has 0 aromatic heterocycles. The predicted molar refractivity (Wildman–Crippen MR) is 87.4 cm³/mol. The molecule has 3 rings (SSSR count). The van der Waals surface area contributed by atoms with E-state index in [4.69, 9.17) is 16.7 Å². The van der Waals surface area contributed by atoms with Crippen molar-refractivity contribution in [3.05, 3.63) is 34.9 Å². The first-order valence-corrected chi connectivity index (χ1v) is 8.46. The fourth-order valence-electron chi connectivity index (χ4n) is 3.16. The SMILES string of the molecule is O=C(O)C1CCCN(C(=O)NC(c2ccc(Cl)cc2)C2CC2)C1. The molecule has 2 N–H and O–H groups in total. The lowest BCUT2D eigenvalue weighted by Crippen LogP contribution is -2.48. The average molecular weight is 337 g/mol. The van der Waals surface area contributed by atoms with Crippen LogP contribution in [-0.4, -0.2) is 35.1 Å². The molecule has 124 valence electrons. The summed E-state index contributed by atoms with van der Waals surface area (Å²) in [7, 11) is 0. The maximum atomic E-state index is 12.5. The third-order valence-electron chi connectivity index (χ3n) is 4.66. The zero-order chi connectivity index (χ0) is 16.4. The quantitative estimate of drug-likeness (QED) is 0.886. The smallest absolute Gasteiger partial charge is 0.317 e. The second-order valence-corrected chi connectivity index (χ2v) is 6.88. The van der Waals surface area contributed by atoms with Crippen molar-refractivity contribution in [3.8, 4) is 0 Å². The van der Waals surface area contributed by atoms with Gasteiger partial charge in [0.2, 0.25) is 0 Å². The van der Waals surface area contributed by atoms with Gasteiger partial charge < -0.3 is 15.3 Å². The van der Waals surface area contributed by atoms with E-state index in [9.17, 15) is 9.59 Å². The molecule has 0 spiro atoms. The minimum atomic E-state index is -0.820. The average Bonchev–Trinajstić information content (AvgIpc) is 3.38. The zero-order valence-electron chi connectivity index (χ0n) is 12.9. The Morgan fingerprint density at radius 1 is 1.22 bits per heavy atom. The van der Waals surface area contributed by atoms with E-state index in [1.165, 1.54) is 0 Å². The minimum Gasteiger partial charge on any atom is -0.481 e. The van der Waals surface area contributed by atoms with Crippen LogP contribution in [0.3, 0.4) is 0 Å². The van der Waals surface area contributed by atoms with E-state index in [1.54, 1.807) is 4.90 Å². The van der Waals surface area contributed by atoms with Gasteiger partial charge in [-0.2, -0.15) is 0 Å². The molecule has 1 aliphatic carbocycles. The van der Waals surface area contributed by atoms with Crippen LogP contribution in [0.5, 0.6) is 0 Å². The lowest BCUT2D eigenvalue weighted by molar-refractivity contribution is -0.143. The number of carboxylic acids is 1. The number of hydrogen-bond donors (Lipinski definition) is 2. The topological polar surface area (TPSA) is 69.6 Å². The molecule has 23 heavy (non-hydrogen) atoms. The van der Waals surface area contributed by atoms with Gasteiger partial charge in [0, 0.05) is 18.1 Å². The molecule has 1 aliphatic heterocycles. The monoisotopic (exact) mass is 336 g/mol. The van der Waals surface area contributed by atoms with Crippen molar-refractivity contribution in [2.75, 3.05) is 13.1 Å². The fraction of sp³-hybridized carbons (Fsp3) is 0.529. The first-order chi connectivity index (χ1) is 11.0. The Kier molecular flexibility index (Phi) is 4.76. The molecule has 2 fully saturated rings. The third kappa shape index (κ3) is 3.96. The first kappa shape index (κ1) is 16.1. The normalized spacial score (nSPS) is 22.5. The van der Waals surface area contributed by atoms with E-state index >= 15 is 0 Å². The van der Waals surface area contributed by atoms with Gasteiger partial charge in [-0.15, -0.1) is 0 Å². The summed E-state index contributed by atoms with van der Waals surface area (Å²) in [5, 5.41) is 12.9. The second kappa shape index (κ2) is 6.79. The number of nitrogens with one attached hydrogen (secondary N) is 1. The van der Waals surface area contributed by atoms with Gasteiger partial charge in [-0.1, -0.05) is 23.7 Å². The van der Waals surface area contributed by atoms with Crippen molar-refractivity contribution >= 4 is 23.6 Å². The molecule has 2 aliphatic rings. The van der Waals surface area contributed by atoms with Crippen LogP contribution >= 0.6 is 11.6 Å².